The quantitative estimate of drug-likeness (QED) is 0.677. The van der Waals surface area contributed by atoms with Crippen molar-refractivity contribution in [3.8, 4) is 6.07 Å². The molecule has 0 radical (unpaired) electrons. The maximum Gasteiger partial charge on any atom is 0.239 e. The van der Waals surface area contributed by atoms with Crippen molar-refractivity contribution in [2.75, 3.05) is 0 Å². The second-order valence-corrected chi connectivity index (χ2v) is 3.13. The minimum absolute atomic E-state index is 0.298. The molecule has 0 aromatic carbocycles. The number of pyridine rings is 1. The summed E-state index contributed by atoms with van der Waals surface area (Å²) in [5, 5.41) is 16.1. The van der Waals surface area contributed by atoms with E-state index in [1.54, 1.807) is 16.7 Å². The van der Waals surface area contributed by atoms with Crippen LogP contribution < -0.4 is 0 Å². The number of nitriles is 1. The van der Waals surface area contributed by atoms with E-state index >= 15 is 0 Å². The molecule has 0 aliphatic heterocycles. The van der Waals surface area contributed by atoms with E-state index < -0.39 is 0 Å². The molecule has 2 heterocycles. The predicted molar refractivity (Wildman–Crippen MR) is 45.4 cm³/mol. The van der Waals surface area contributed by atoms with Crippen LogP contribution in [0.5, 0.6) is 0 Å². The largest absolute Gasteiger partial charge is 0.273 e. The van der Waals surface area contributed by atoms with Crippen molar-refractivity contribution in [3.05, 3.63) is 28.6 Å². The fourth-order valence-corrected chi connectivity index (χ4v) is 1.28. The van der Waals surface area contributed by atoms with Crippen LogP contribution >= 0.6 is 15.9 Å². The van der Waals surface area contributed by atoms with E-state index in [9.17, 15) is 0 Å². The van der Waals surface area contributed by atoms with E-state index in [-0.39, 0.29) is 0 Å². The average molecular weight is 223 g/mol. The summed E-state index contributed by atoms with van der Waals surface area (Å²) in [6.45, 7) is 0. The maximum absolute atomic E-state index is 8.63. The van der Waals surface area contributed by atoms with Gasteiger partial charge >= 0.3 is 0 Å². The summed E-state index contributed by atoms with van der Waals surface area (Å²) < 4.78 is 2.52. The molecule has 0 fully saturated rings. The standard InChI is InChI=1S/C7H3BrN4/c8-5-1-2-6-10-11-7(3-9)12(6)4-5/h1-2,4H. The molecule has 12 heavy (non-hydrogen) atoms. The summed E-state index contributed by atoms with van der Waals surface area (Å²) in [5.74, 6) is 0.298. The molecule has 4 nitrogen and oxygen atoms in total. The van der Waals surface area contributed by atoms with E-state index in [0.29, 0.717) is 11.5 Å². The third kappa shape index (κ3) is 0.970. The highest BCUT2D eigenvalue weighted by atomic mass is 79.9. The Balaban J connectivity index is 2.86. The second kappa shape index (κ2) is 2.57. The zero-order valence-corrected chi connectivity index (χ0v) is 7.48. The molecule has 0 bridgehead atoms. The summed E-state index contributed by atoms with van der Waals surface area (Å²) in [6, 6.07) is 5.59. The van der Waals surface area contributed by atoms with E-state index in [0.717, 1.165) is 4.47 Å². The molecule has 0 unspecified atom stereocenters. The molecular formula is C7H3BrN4. The smallest absolute Gasteiger partial charge is 0.239 e. The number of aromatic nitrogens is 3. The van der Waals surface area contributed by atoms with Gasteiger partial charge in [0.1, 0.15) is 6.07 Å². The van der Waals surface area contributed by atoms with Gasteiger partial charge in [-0.1, -0.05) is 0 Å². The first kappa shape index (κ1) is 7.25. The Morgan fingerprint density at radius 3 is 3.00 bits per heavy atom. The molecule has 5 heteroatoms. The summed E-state index contributed by atoms with van der Waals surface area (Å²) in [4.78, 5) is 0. The van der Waals surface area contributed by atoms with Crippen LogP contribution in [0.2, 0.25) is 0 Å². The third-order valence-electron chi connectivity index (χ3n) is 1.47. The predicted octanol–water partition coefficient (Wildman–Crippen LogP) is 1.36. The summed E-state index contributed by atoms with van der Waals surface area (Å²) in [7, 11) is 0. The molecule has 2 aromatic heterocycles. The lowest BCUT2D eigenvalue weighted by Crippen LogP contribution is -1.87. The number of rotatable bonds is 0. The van der Waals surface area contributed by atoms with Gasteiger partial charge in [-0.25, -0.2) is 0 Å². The van der Waals surface area contributed by atoms with Gasteiger partial charge in [-0.15, -0.1) is 10.2 Å². The first-order chi connectivity index (χ1) is 5.81. The fourth-order valence-electron chi connectivity index (χ4n) is 0.941. The van der Waals surface area contributed by atoms with Crippen molar-refractivity contribution in [1.82, 2.24) is 14.6 Å². The minimum Gasteiger partial charge on any atom is -0.273 e. The van der Waals surface area contributed by atoms with Crippen molar-refractivity contribution < 1.29 is 0 Å². The Kier molecular flexibility index (Phi) is 1.55. The molecule has 0 N–H and O–H groups in total. The number of hydrogen-bond acceptors (Lipinski definition) is 3. The molecule has 0 aliphatic rings. The topological polar surface area (TPSA) is 54.0 Å². The van der Waals surface area contributed by atoms with E-state index in [1.165, 1.54) is 0 Å². The van der Waals surface area contributed by atoms with Gasteiger partial charge in [-0.2, -0.15) is 5.26 Å². The molecule has 0 amide bonds. The van der Waals surface area contributed by atoms with E-state index in [1.807, 2.05) is 12.1 Å². The molecule has 2 rings (SSSR count). The fraction of sp³-hybridized carbons (Fsp3) is 0. The van der Waals surface area contributed by atoms with Crippen molar-refractivity contribution in [2.45, 2.75) is 0 Å². The lowest BCUT2D eigenvalue weighted by Gasteiger charge is -1.92. The number of hydrogen-bond donors (Lipinski definition) is 0. The molecule has 0 saturated heterocycles. The van der Waals surface area contributed by atoms with Crippen LogP contribution in [0.25, 0.3) is 5.65 Å². The van der Waals surface area contributed by atoms with Gasteiger partial charge in [0.25, 0.3) is 0 Å². The third-order valence-corrected chi connectivity index (χ3v) is 1.94. The number of nitrogens with zero attached hydrogens (tertiary/aromatic N) is 4. The van der Waals surface area contributed by atoms with Gasteiger partial charge in [-0.05, 0) is 28.1 Å². The Morgan fingerprint density at radius 2 is 2.25 bits per heavy atom. The highest BCUT2D eigenvalue weighted by Crippen LogP contribution is 2.11. The van der Waals surface area contributed by atoms with E-state index in [4.69, 9.17) is 5.26 Å². The highest BCUT2D eigenvalue weighted by molar-refractivity contribution is 9.10. The molecule has 0 atom stereocenters. The van der Waals surface area contributed by atoms with E-state index in [2.05, 4.69) is 26.1 Å². The van der Waals surface area contributed by atoms with Gasteiger partial charge in [0.2, 0.25) is 5.82 Å². The van der Waals surface area contributed by atoms with Gasteiger partial charge in [0.15, 0.2) is 5.65 Å². The van der Waals surface area contributed by atoms with Gasteiger partial charge in [0, 0.05) is 10.7 Å². The molecule has 58 valence electrons. The molecular weight excluding hydrogens is 220 g/mol. The Hall–Kier alpha value is -1.41. The van der Waals surface area contributed by atoms with Crippen LogP contribution in [-0.4, -0.2) is 14.6 Å². The van der Waals surface area contributed by atoms with Crippen LogP contribution in [-0.2, 0) is 0 Å². The average Bonchev–Trinajstić information content (AvgIpc) is 2.46. The normalized spacial score (nSPS) is 10.0. The molecule has 0 aliphatic carbocycles. The van der Waals surface area contributed by atoms with Crippen molar-refractivity contribution in [3.63, 3.8) is 0 Å². The number of halogens is 1. The van der Waals surface area contributed by atoms with Crippen LogP contribution in [0.4, 0.5) is 0 Å². The monoisotopic (exact) mass is 222 g/mol. The zero-order chi connectivity index (χ0) is 8.55. The SMILES string of the molecule is N#Cc1nnc2ccc(Br)cn12. The Labute approximate surface area is 76.6 Å². The summed E-state index contributed by atoms with van der Waals surface area (Å²) >= 11 is 3.29. The van der Waals surface area contributed by atoms with Crippen LogP contribution in [0.1, 0.15) is 5.82 Å². The van der Waals surface area contributed by atoms with Crippen molar-refractivity contribution in [1.29, 1.82) is 5.26 Å². The highest BCUT2D eigenvalue weighted by Gasteiger charge is 2.02. The minimum atomic E-state index is 0.298. The lowest BCUT2D eigenvalue weighted by molar-refractivity contribution is 1.06. The lowest BCUT2D eigenvalue weighted by atomic mass is 10.5. The Morgan fingerprint density at radius 1 is 1.42 bits per heavy atom. The van der Waals surface area contributed by atoms with Gasteiger partial charge in [0.05, 0.1) is 0 Å². The van der Waals surface area contributed by atoms with Crippen molar-refractivity contribution in [2.24, 2.45) is 0 Å². The molecule has 2 aromatic rings. The van der Waals surface area contributed by atoms with Crippen molar-refractivity contribution >= 4 is 21.6 Å². The second-order valence-electron chi connectivity index (χ2n) is 2.21. The first-order valence-electron chi connectivity index (χ1n) is 3.21. The maximum atomic E-state index is 8.63. The first-order valence-corrected chi connectivity index (χ1v) is 4.01. The number of fused-ring (bicyclic) bond motifs is 1. The van der Waals surface area contributed by atoms with Gasteiger partial charge in [-0.3, -0.25) is 4.40 Å². The molecule has 0 spiro atoms. The Bertz CT molecular complexity index is 468. The summed E-state index contributed by atoms with van der Waals surface area (Å²) in [5.41, 5.74) is 0.676. The van der Waals surface area contributed by atoms with Crippen LogP contribution in [0.3, 0.4) is 0 Å². The summed E-state index contributed by atoms with van der Waals surface area (Å²) in [6.07, 6.45) is 1.76. The van der Waals surface area contributed by atoms with Crippen LogP contribution in [0, 0.1) is 11.3 Å². The molecule has 0 saturated carbocycles. The van der Waals surface area contributed by atoms with Gasteiger partial charge < -0.3 is 0 Å². The van der Waals surface area contributed by atoms with Crippen LogP contribution in [0.15, 0.2) is 22.8 Å². The zero-order valence-electron chi connectivity index (χ0n) is 5.90.